The van der Waals surface area contributed by atoms with E-state index in [4.69, 9.17) is 10.5 Å². The van der Waals surface area contributed by atoms with Crippen molar-refractivity contribution in [3.63, 3.8) is 0 Å². The summed E-state index contributed by atoms with van der Waals surface area (Å²) in [5, 5.41) is 0. The Bertz CT molecular complexity index is 281. The first kappa shape index (κ1) is 14.1. The van der Waals surface area contributed by atoms with Crippen molar-refractivity contribution >= 4 is 11.7 Å². The lowest BCUT2D eigenvalue weighted by atomic mass is 10.1. The molecule has 0 saturated carbocycles. The molecule has 1 heterocycles. The number of ether oxygens (including phenoxy) is 1. The van der Waals surface area contributed by atoms with Crippen molar-refractivity contribution in [3.05, 3.63) is 0 Å². The van der Waals surface area contributed by atoms with Gasteiger partial charge in [-0.25, -0.2) is 0 Å². The Morgan fingerprint density at radius 3 is 2.82 bits per heavy atom. The molecule has 0 aromatic carbocycles. The molecule has 0 spiro atoms. The average Bonchev–Trinajstić information content (AvgIpc) is 2.76. The second kappa shape index (κ2) is 6.71. The van der Waals surface area contributed by atoms with Crippen molar-refractivity contribution in [1.29, 1.82) is 0 Å². The first-order chi connectivity index (χ1) is 8.11. The van der Waals surface area contributed by atoms with E-state index in [2.05, 4.69) is 0 Å². The van der Waals surface area contributed by atoms with Crippen LogP contribution in [0, 0.1) is 0 Å². The second-order valence-corrected chi connectivity index (χ2v) is 4.51. The molecule has 1 amide bonds. The van der Waals surface area contributed by atoms with Crippen LogP contribution in [-0.4, -0.2) is 48.9 Å². The minimum Gasteiger partial charge on any atom is -0.383 e. The van der Waals surface area contributed by atoms with E-state index in [1.807, 2.05) is 6.92 Å². The van der Waals surface area contributed by atoms with Crippen molar-refractivity contribution in [2.24, 2.45) is 5.73 Å². The summed E-state index contributed by atoms with van der Waals surface area (Å²) >= 11 is 0. The minimum absolute atomic E-state index is 0.0327. The van der Waals surface area contributed by atoms with Crippen molar-refractivity contribution in [3.8, 4) is 0 Å². The number of likely N-dealkylation sites (tertiary alicyclic amines) is 1. The summed E-state index contributed by atoms with van der Waals surface area (Å²) in [7, 11) is 1.60. The molecule has 98 valence electrons. The van der Waals surface area contributed by atoms with Crippen LogP contribution >= 0.6 is 0 Å². The van der Waals surface area contributed by atoms with E-state index >= 15 is 0 Å². The molecule has 1 aliphatic rings. The fourth-order valence-corrected chi connectivity index (χ4v) is 2.21. The maximum Gasteiger partial charge on any atom is 0.291 e. The highest BCUT2D eigenvalue weighted by Crippen LogP contribution is 2.18. The Balaban J connectivity index is 2.59. The number of Topliss-reactive ketones (excluding diaryl/α,β-unsaturated/α-hetero) is 1. The third-order valence-electron chi connectivity index (χ3n) is 3.14. The van der Waals surface area contributed by atoms with Crippen LogP contribution in [-0.2, 0) is 14.3 Å². The number of rotatable bonds is 6. The fraction of sp³-hybridized carbons (Fsp3) is 0.833. The fourth-order valence-electron chi connectivity index (χ4n) is 2.21. The topological polar surface area (TPSA) is 72.6 Å². The molecule has 0 aromatic heterocycles. The quantitative estimate of drug-likeness (QED) is 0.681. The zero-order chi connectivity index (χ0) is 12.8. The van der Waals surface area contributed by atoms with Crippen LogP contribution < -0.4 is 5.73 Å². The zero-order valence-corrected chi connectivity index (χ0v) is 10.6. The predicted molar refractivity (Wildman–Crippen MR) is 64.5 cm³/mol. The molecular weight excluding hydrogens is 220 g/mol. The van der Waals surface area contributed by atoms with E-state index < -0.39 is 17.7 Å². The molecule has 1 saturated heterocycles. The van der Waals surface area contributed by atoms with Gasteiger partial charge in [0.15, 0.2) is 0 Å². The normalized spacial score (nSPS) is 21.6. The Hall–Kier alpha value is -0.940. The largest absolute Gasteiger partial charge is 0.383 e. The summed E-state index contributed by atoms with van der Waals surface area (Å²) in [4.78, 5) is 25.4. The zero-order valence-electron chi connectivity index (χ0n) is 10.6. The van der Waals surface area contributed by atoms with Gasteiger partial charge in [-0.15, -0.1) is 0 Å². The third kappa shape index (κ3) is 3.51. The van der Waals surface area contributed by atoms with E-state index in [0.717, 1.165) is 19.3 Å². The highest BCUT2D eigenvalue weighted by molar-refractivity contribution is 6.38. The number of methoxy groups -OCH3 is 1. The van der Waals surface area contributed by atoms with Crippen LogP contribution in [0.4, 0.5) is 0 Å². The number of hydrogen-bond donors (Lipinski definition) is 1. The van der Waals surface area contributed by atoms with Crippen LogP contribution in [0.15, 0.2) is 0 Å². The number of hydrogen-bond acceptors (Lipinski definition) is 4. The number of amides is 1. The van der Waals surface area contributed by atoms with Crippen LogP contribution in [0.5, 0.6) is 0 Å². The lowest BCUT2D eigenvalue weighted by Crippen LogP contribution is -2.47. The van der Waals surface area contributed by atoms with E-state index in [-0.39, 0.29) is 6.04 Å². The van der Waals surface area contributed by atoms with Crippen molar-refractivity contribution in [1.82, 2.24) is 4.90 Å². The molecule has 1 aliphatic heterocycles. The van der Waals surface area contributed by atoms with Gasteiger partial charge in [-0.05, 0) is 19.3 Å². The highest BCUT2D eigenvalue weighted by Gasteiger charge is 2.34. The predicted octanol–water partition coefficient (Wildman–Crippen LogP) is 0.320. The van der Waals surface area contributed by atoms with Gasteiger partial charge >= 0.3 is 0 Å². The molecule has 0 aliphatic carbocycles. The Labute approximate surface area is 102 Å². The standard InChI is InChI=1S/C12H22N2O3/c1-3-5-10(13)11(15)12(16)14-7-4-6-9(14)8-17-2/h9-10H,3-8,13H2,1-2H3. The highest BCUT2D eigenvalue weighted by atomic mass is 16.5. The first-order valence-electron chi connectivity index (χ1n) is 6.21. The van der Waals surface area contributed by atoms with Crippen LogP contribution in [0.2, 0.25) is 0 Å². The summed E-state index contributed by atoms with van der Waals surface area (Å²) in [6, 6.07) is -0.624. The summed E-state index contributed by atoms with van der Waals surface area (Å²) in [5.41, 5.74) is 5.69. The van der Waals surface area contributed by atoms with Gasteiger partial charge in [-0.2, -0.15) is 0 Å². The summed E-state index contributed by atoms with van der Waals surface area (Å²) in [5.74, 6) is -0.902. The van der Waals surface area contributed by atoms with Gasteiger partial charge in [-0.1, -0.05) is 13.3 Å². The molecular formula is C12H22N2O3. The van der Waals surface area contributed by atoms with E-state index in [1.54, 1.807) is 12.0 Å². The summed E-state index contributed by atoms with van der Waals surface area (Å²) in [6.07, 6.45) is 3.20. The third-order valence-corrected chi connectivity index (χ3v) is 3.14. The minimum atomic E-state index is -0.656. The lowest BCUT2D eigenvalue weighted by Gasteiger charge is -2.24. The lowest BCUT2D eigenvalue weighted by molar-refractivity contribution is -0.146. The van der Waals surface area contributed by atoms with E-state index in [0.29, 0.717) is 19.6 Å². The van der Waals surface area contributed by atoms with Crippen molar-refractivity contribution < 1.29 is 14.3 Å². The van der Waals surface area contributed by atoms with E-state index in [9.17, 15) is 9.59 Å². The molecule has 5 nitrogen and oxygen atoms in total. The van der Waals surface area contributed by atoms with Crippen LogP contribution in [0.1, 0.15) is 32.6 Å². The molecule has 0 aromatic rings. The van der Waals surface area contributed by atoms with Gasteiger partial charge in [0.25, 0.3) is 5.91 Å². The molecule has 2 atom stereocenters. The van der Waals surface area contributed by atoms with Crippen LogP contribution in [0.3, 0.4) is 0 Å². The number of ketones is 1. The Kier molecular flexibility index (Phi) is 5.58. The summed E-state index contributed by atoms with van der Waals surface area (Å²) in [6.45, 7) is 3.07. The number of nitrogens with two attached hydrogens (primary N) is 1. The molecule has 17 heavy (non-hydrogen) atoms. The number of nitrogens with zero attached hydrogens (tertiary/aromatic N) is 1. The molecule has 1 rings (SSSR count). The molecule has 0 bridgehead atoms. The van der Waals surface area contributed by atoms with Gasteiger partial charge in [0.05, 0.1) is 18.7 Å². The van der Waals surface area contributed by atoms with Gasteiger partial charge in [0.2, 0.25) is 5.78 Å². The number of carbonyl (C=O) groups is 2. The molecule has 2 N–H and O–H groups in total. The first-order valence-corrected chi connectivity index (χ1v) is 6.21. The van der Waals surface area contributed by atoms with Gasteiger partial charge < -0.3 is 15.4 Å². The maximum atomic E-state index is 12.0. The summed E-state index contributed by atoms with van der Waals surface area (Å²) < 4.78 is 5.06. The van der Waals surface area contributed by atoms with Crippen molar-refractivity contribution in [2.45, 2.75) is 44.7 Å². The Morgan fingerprint density at radius 1 is 1.53 bits per heavy atom. The number of carbonyl (C=O) groups excluding carboxylic acids is 2. The molecule has 5 heteroatoms. The smallest absolute Gasteiger partial charge is 0.291 e. The van der Waals surface area contributed by atoms with Crippen LogP contribution in [0.25, 0.3) is 0 Å². The van der Waals surface area contributed by atoms with Gasteiger partial charge in [-0.3, -0.25) is 9.59 Å². The molecule has 0 radical (unpaired) electrons. The average molecular weight is 242 g/mol. The molecule has 2 unspecified atom stereocenters. The Morgan fingerprint density at radius 2 is 2.24 bits per heavy atom. The maximum absolute atomic E-state index is 12.0. The second-order valence-electron chi connectivity index (χ2n) is 4.51. The van der Waals surface area contributed by atoms with E-state index in [1.165, 1.54) is 0 Å². The van der Waals surface area contributed by atoms with Gasteiger partial charge in [0, 0.05) is 13.7 Å². The monoisotopic (exact) mass is 242 g/mol. The SMILES string of the molecule is CCCC(N)C(=O)C(=O)N1CCCC1COC. The van der Waals surface area contributed by atoms with Gasteiger partial charge in [0.1, 0.15) is 0 Å². The molecule has 1 fully saturated rings. The van der Waals surface area contributed by atoms with Crippen molar-refractivity contribution in [2.75, 3.05) is 20.3 Å².